The van der Waals surface area contributed by atoms with Gasteiger partial charge in [0.1, 0.15) is 0 Å². The number of hydrogen-bond donors (Lipinski definition) is 1. The number of fused-ring (bicyclic) bond motifs is 1. The highest BCUT2D eigenvalue weighted by atomic mass is 35.5. The van der Waals surface area contributed by atoms with Crippen LogP contribution < -0.4 is 5.32 Å². The van der Waals surface area contributed by atoms with Crippen molar-refractivity contribution in [3.05, 3.63) is 81.3 Å². The third-order valence-corrected chi connectivity index (χ3v) is 7.81. The van der Waals surface area contributed by atoms with Crippen LogP contribution in [0.3, 0.4) is 0 Å². The van der Waals surface area contributed by atoms with Crippen LogP contribution in [-0.4, -0.2) is 52.8 Å². The standard InChI is InChI=1S/C26H27ClN4O2S/c27-20-11-9-19(10-12-20)24(32)29-26-28-23-21(7-4-8-22(23)34-26)25(33)31-15-13-30(14-16-31)17-18-5-2-1-3-6-18/h1-3,5-6,9-12,21H,4,7-8,13-17H2,(H,28,29,32). The number of halogens is 1. The molecule has 2 heterocycles. The summed E-state index contributed by atoms with van der Waals surface area (Å²) in [5, 5.41) is 4.04. The lowest BCUT2D eigenvalue weighted by Crippen LogP contribution is -2.49. The third-order valence-electron chi connectivity index (χ3n) is 6.51. The van der Waals surface area contributed by atoms with Crippen LogP contribution in [0.15, 0.2) is 54.6 Å². The zero-order valence-electron chi connectivity index (χ0n) is 18.9. The monoisotopic (exact) mass is 494 g/mol. The Bertz CT molecular complexity index is 1160. The molecule has 1 aliphatic heterocycles. The van der Waals surface area contributed by atoms with Gasteiger partial charge in [0.25, 0.3) is 5.91 Å². The van der Waals surface area contributed by atoms with Crippen molar-refractivity contribution >= 4 is 39.9 Å². The van der Waals surface area contributed by atoms with Crippen LogP contribution in [0.25, 0.3) is 0 Å². The van der Waals surface area contributed by atoms with E-state index in [-0.39, 0.29) is 17.7 Å². The number of nitrogens with one attached hydrogen (secondary N) is 1. The topological polar surface area (TPSA) is 65.5 Å². The molecule has 1 atom stereocenters. The molecule has 1 aliphatic carbocycles. The SMILES string of the molecule is O=C(Nc1nc2c(s1)CCCC2C(=O)N1CCN(Cc2ccccc2)CC1)c1ccc(Cl)cc1. The van der Waals surface area contributed by atoms with Crippen molar-refractivity contribution in [2.45, 2.75) is 31.7 Å². The maximum atomic E-state index is 13.4. The quantitative estimate of drug-likeness (QED) is 0.552. The highest BCUT2D eigenvalue weighted by molar-refractivity contribution is 7.16. The molecule has 0 radical (unpaired) electrons. The molecular formula is C26H27ClN4O2S. The highest BCUT2D eigenvalue weighted by Gasteiger charge is 2.34. The van der Waals surface area contributed by atoms with Gasteiger partial charge in [-0.25, -0.2) is 4.98 Å². The zero-order chi connectivity index (χ0) is 23.5. The molecule has 5 rings (SSSR count). The number of amides is 2. The number of hydrogen-bond acceptors (Lipinski definition) is 5. The fraction of sp³-hybridized carbons (Fsp3) is 0.346. The van der Waals surface area contributed by atoms with Gasteiger partial charge in [-0.3, -0.25) is 19.8 Å². The van der Waals surface area contributed by atoms with E-state index in [0.717, 1.165) is 62.6 Å². The normalized spacial score (nSPS) is 18.4. The van der Waals surface area contributed by atoms with Crippen LogP contribution in [0, 0.1) is 0 Å². The summed E-state index contributed by atoms with van der Waals surface area (Å²) in [5.74, 6) is -0.275. The first kappa shape index (κ1) is 23.0. The zero-order valence-corrected chi connectivity index (χ0v) is 20.4. The van der Waals surface area contributed by atoms with Gasteiger partial charge in [0.05, 0.1) is 11.6 Å². The first-order valence-corrected chi connectivity index (χ1v) is 12.9. The molecule has 34 heavy (non-hydrogen) atoms. The molecule has 1 unspecified atom stereocenters. The van der Waals surface area contributed by atoms with Crippen molar-refractivity contribution in [2.75, 3.05) is 31.5 Å². The van der Waals surface area contributed by atoms with E-state index in [4.69, 9.17) is 16.6 Å². The number of thiazole rings is 1. The molecule has 3 aromatic rings. The Labute approximate surface area is 208 Å². The fourth-order valence-electron chi connectivity index (χ4n) is 4.67. The van der Waals surface area contributed by atoms with Crippen molar-refractivity contribution in [3.63, 3.8) is 0 Å². The summed E-state index contributed by atoms with van der Waals surface area (Å²) in [6, 6.07) is 17.2. The number of carbonyl (C=O) groups is 2. The lowest BCUT2D eigenvalue weighted by Gasteiger charge is -2.37. The number of anilines is 1. The predicted molar refractivity (Wildman–Crippen MR) is 135 cm³/mol. The number of rotatable bonds is 5. The minimum Gasteiger partial charge on any atom is -0.340 e. The fourth-order valence-corrected chi connectivity index (χ4v) is 5.86. The molecular weight excluding hydrogens is 468 g/mol. The number of nitrogens with zero attached hydrogens (tertiary/aromatic N) is 3. The van der Waals surface area contributed by atoms with Gasteiger partial charge < -0.3 is 4.90 Å². The lowest BCUT2D eigenvalue weighted by atomic mass is 9.89. The first-order valence-electron chi connectivity index (χ1n) is 11.7. The summed E-state index contributed by atoms with van der Waals surface area (Å²) in [4.78, 5) is 36.2. The summed E-state index contributed by atoms with van der Waals surface area (Å²) in [5.41, 5.74) is 2.67. The van der Waals surface area contributed by atoms with Crippen LogP contribution in [0.1, 0.15) is 45.3 Å². The molecule has 1 saturated heterocycles. The first-order chi connectivity index (χ1) is 16.6. The second-order valence-electron chi connectivity index (χ2n) is 8.82. The summed E-state index contributed by atoms with van der Waals surface area (Å²) in [7, 11) is 0. The van der Waals surface area contributed by atoms with Crippen LogP contribution in [-0.2, 0) is 17.8 Å². The van der Waals surface area contributed by atoms with E-state index in [1.54, 1.807) is 24.3 Å². The van der Waals surface area contributed by atoms with Crippen molar-refractivity contribution in [1.29, 1.82) is 0 Å². The third kappa shape index (κ3) is 5.17. The summed E-state index contributed by atoms with van der Waals surface area (Å²) in [6.07, 6.45) is 2.67. The van der Waals surface area contributed by atoms with E-state index in [0.29, 0.717) is 15.7 Å². The van der Waals surface area contributed by atoms with Gasteiger partial charge in [-0.1, -0.05) is 41.9 Å². The van der Waals surface area contributed by atoms with E-state index in [2.05, 4.69) is 34.5 Å². The minimum absolute atomic E-state index is 0.168. The minimum atomic E-state index is -0.222. The van der Waals surface area contributed by atoms with Gasteiger partial charge in [-0.15, -0.1) is 11.3 Å². The van der Waals surface area contributed by atoms with Crippen molar-refractivity contribution in [1.82, 2.24) is 14.8 Å². The maximum absolute atomic E-state index is 13.4. The van der Waals surface area contributed by atoms with Crippen LogP contribution >= 0.6 is 22.9 Å². The maximum Gasteiger partial charge on any atom is 0.257 e. The molecule has 8 heteroatoms. The highest BCUT2D eigenvalue weighted by Crippen LogP contribution is 2.38. The van der Waals surface area contributed by atoms with E-state index >= 15 is 0 Å². The molecule has 1 aromatic heterocycles. The number of carbonyl (C=O) groups excluding carboxylic acids is 2. The van der Waals surface area contributed by atoms with Crippen molar-refractivity contribution in [2.24, 2.45) is 0 Å². The Morgan fingerprint density at radius 2 is 1.76 bits per heavy atom. The number of piperazine rings is 1. The van der Waals surface area contributed by atoms with Gasteiger partial charge >= 0.3 is 0 Å². The molecule has 0 saturated carbocycles. The molecule has 2 aromatic carbocycles. The summed E-state index contributed by atoms with van der Waals surface area (Å²) >= 11 is 7.40. The van der Waals surface area contributed by atoms with Crippen LogP contribution in [0.2, 0.25) is 5.02 Å². The second kappa shape index (κ2) is 10.3. The van der Waals surface area contributed by atoms with Gasteiger partial charge in [0.2, 0.25) is 5.91 Å². The van der Waals surface area contributed by atoms with E-state index < -0.39 is 0 Å². The van der Waals surface area contributed by atoms with Gasteiger partial charge in [0, 0.05) is 48.2 Å². The predicted octanol–water partition coefficient (Wildman–Crippen LogP) is 4.81. The number of aromatic nitrogens is 1. The van der Waals surface area contributed by atoms with Crippen LogP contribution in [0.5, 0.6) is 0 Å². The Hall–Kier alpha value is -2.74. The smallest absolute Gasteiger partial charge is 0.257 e. The van der Waals surface area contributed by atoms with Crippen molar-refractivity contribution < 1.29 is 9.59 Å². The molecule has 2 aliphatic rings. The van der Waals surface area contributed by atoms with Gasteiger partial charge in [-0.05, 0) is 49.1 Å². The molecule has 1 fully saturated rings. The Morgan fingerprint density at radius 1 is 1.03 bits per heavy atom. The number of benzene rings is 2. The van der Waals surface area contributed by atoms with Gasteiger partial charge in [-0.2, -0.15) is 0 Å². The van der Waals surface area contributed by atoms with Gasteiger partial charge in [0.15, 0.2) is 5.13 Å². The number of aryl methyl sites for hydroxylation is 1. The summed E-state index contributed by atoms with van der Waals surface area (Å²) < 4.78 is 0. The Balaban J connectivity index is 1.22. The second-order valence-corrected chi connectivity index (χ2v) is 10.3. The van der Waals surface area contributed by atoms with E-state index in [1.807, 2.05) is 11.0 Å². The Kier molecular flexibility index (Phi) is 6.94. The Morgan fingerprint density at radius 3 is 2.50 bits per heavy atom. The molecule has 6 nitrogen and oxygen atoms in total. The van der Waals surface area contributed by atoms with E-state index in [9.17, 15) is 9.59 Å². The molecule has 2 amide bonds. The van der Waals surface area contributed by atoms with Crippen molar-refractivity contribution in [3.8, 4) is 0 Å². The largest absolute Gasteiger partial charge is 0.340 e. The lowest BCUT2D eigenvalue weighted by molar-refractivity contribution is -0.135. The average molecular weight is 495 g/mol. The average Bonchev–Trinajstić information content (AvgIpc) is 3.27. The molecule has 1 N–H and O–H groups in total. The molecule has 0 spiro atoms. The molecule has 0 bridgehead atoms. The summed E-state index contributed by atoms with van der Waals surface area (Å²) in [6.45, 7) is 4.14. The van der Waals surface area contributed by atoms with Crippen LogP contribution in [0.4, 0.5) is 5.13 Å². The molecule has 176 valence electrons. The van der Waals surface area contributed by atoms with E-state index in [1.165, 1.54) is 16.9 Å².